The van der Waals surface area contributed by atoms with Gasteiger partial charge in [-0.2, -0.15) is 0 Å². The molecule has 0 unspecified atom stereocenters. The van der Waals surface area contributed by atoms with Crippen LogP contribution < -0.4 is 9.47 Å². The fraction of sp³-hybridized carbons (Fsp3) is 0.0816. The van der Waals surface area contributed by atoms with Gasteiger partial charge in [0.1, 0.15) is 0 Å². The predicted octanol–water partition coefficient (Wildman–Crippen LogP) is 12.7. The van der Waals surface area contributed by atoms with E-state index in [0.29, 0.717) is 29.0 Å². The molecule has 2 heterocycles. The van der Waals surface area contributed by atoms with Crippen LogP contribution in [-0.4, -0.2) is 15.0 Å². The molecule has 258 valence electrons. The maximum Gasteiger partial charge on any atom is 0.178 e. The van der Waals surface area contributed by atoms with Gasteiger partial charge in [0.25, 0.3) is 0 Å². The number of fused-ring (bicyclic) bond motifs is 6. The molecule has 0 amide bonds. The SMILES string of the molecule is Cc1ccc(-c2nc(-c3ccc(-c4ccccc4)cc3)nc(-c3cccc(-c4cccc5c4Oc4c(ccc6c4-c4ccccc4C6(C)C)O5)c3)n2)cc1. The largest absolute Gasteiger partial charge is 0.449 e. The molecule has 1 aliphatic heterocycles. The van der Waals surface area contributed by atoms with Crippen molar-refractivity contribution < 1.29 is 9.47 Å². The Kier molecular flexibility index (Phi) is 7.31. The molecule has 7 aromatic carbocycles. The van der Waals surface area contributed by atoms with Crippen LogP contribution in [0.3, 0.4) is 0 Å². The fourth-order valence-corrected chi connectivity index (χ4v) is 7.81. The van der Waals surface area contributed by atoms with Gasteiger partial charge >= 0.3 is 0 Å². The van der Waals surface area contributed by atoms with Crippen molar-refractivity contribution in [1.29, 1.82) is 0 Å². The first kappa shape index (κ1) is 31.9. The molecular formula is C49H35N3O2. The molecular weight excluding hydrogens is 663 g/mol. The third-order valence-corrected chi connectivity index (χ3v) is 10.7. The molecule has 0 saturated heterocycles. The normalized spacial score (nSPS) is 13.2. The van der Waals surface area contributed by atoms with Gasteiger partial charge in [0.15, 0.2) is 40.5 Å². The van der Waals surface area contributed by atoms with E-state index in [2.05, 4.69) is 142 Å². The molecule has 0 spiro atoms. The van der Waals surface area contributed by atoms with Crippen LogP contribution in [0.25, 0.3) is 67.5 Å². The summed E-state index contributed by atoms with van der Waals surface area (Å²) < 4.78 is 13.5. The number of nitrogens with zero attached hydrogens (tertiary/aromatic N) is 3. The maximum absolute atomic E-state index is 6.94. The summed E-state index contributed by atoms with van der Waals surface area (Å²) in [7, 11) is 0. The van der Waals surface area contributed by atoms with Gasteiger partial charge in [0.2, 0.25) is 0 Å². The smallest absolute Gasteiger partial charge is 0.178 e. The van der Waals surface area contributed by atoms with Crippen LogP contribution in [0.5, 0.6) is 23.0 Å². The van der Waals surface area contributed by atoms with Gasteiger partial charge in [-0.05, 0) is 58.5 Å². The van der Waals surface area contributed by atoms with Gasteiger partial charge in [0.05, 0.1) is 0 Å². The summed E-state index contributed by atoms with van der Waals surface area (Å²) in [6.07, 6.45) is 0. The van der Waals surface area contributed by atoms with Crippen LogP contribution in [-0.2, 0) is 5.41 Å². The molecule has 0 atom stereocenters. The summed E-state index contributed by atoms with van der Waals surface area (Å²) in [5, 5.41) is 0. The lowest BCUT2D eigenvalue weighted by atomic mass is 9.82. The topological polar surface area (TPSA) is 57.1 Å². The molecule has 10 rings (SSSR count). The number of benzene rings is 7. The summed E-state index contributed by atoms with van der Waals surface area (Å²) in [6, 6.07) is 54.3. The average Bonchev–Trinajstić information content (AvgIpc) is 3.46. The zero-order chi connectivity index (χ0) is 36.4. The molecule has 5 nitrogen and oxygen atoms in total. The Morgan fingerprint density at radius 2 is 0.963 bits per heavy atom. The highest BCUT2D eigenvalue weighted by molar-refractivity contribution is 5.89. The Balaban J connectivity index is 1.06. The molecule has 1 aromatic heterocycles. The summed E-state index contributed by atoms with van der Waals surface area (Å²) in [4.78, 5) is 15.1. The molecule has 0 N–H and O–H groups in total. The summed E-state index contributed by atoms with van der Waals surface area (Å²) in [5.41, 5.74) is 12.7. The van der Waals surface area contributed by atoms with E-state index in [1.54, 1.807) is 0 Å². The quantitative estimate of drug-likeness (QED) is 0.179. The fourth-order valence-electron chi connectivity index (χ4n) is 7.81. The lowest BCUT2D eigenvalue weighted by Gasteiger charge is -2.26. The summed E-state index contributed by atoms with van der Waals surface area (Å²) in [6.45, 7) is 6.63. The van der Waals surface area contributed by atoms with Gasteiger partial charge in [-0.25, -0.2) is 15.0 Å². The van der Waals surface area contributed by atoms with Crippen molar-refractivity contribution in [3.8, 4) is 90.5 Å². The third kappa shape index (κ3) is 5.28. The van der Waals surface area contributed by atoms with E-state index < -0.39 is 0 Å². The van der Waals surface area contributed by atoms with E-state index >= 15 is 0 Å². The van der Waals surface area contributed by atoms with Crippen molar-refractivity contribution in [3.63, 3.8) is 0 Å². The number of ether oxygens (including phenoxy) is 2. The highest BCUT2D eigenvalue weighted by Gasteiger charge is 2.39. The Hall–Kier alpha value is -6.85. The molecule has 0 fully saturated rings. The third-order valence-electron chi connectivity index (χ3n) is 10.7. The van der Waals surface area contributed by atoms with Gasteiger partial charge < -0.3 is 9.47 Å². The Morgan fingerprint density at radius 3 is 1.72 bits per heavy atom. The zero-order valence-corrected chi connectivity index (χ0v) is 30.2. The van der Waals surface area contributed by atoms with Crippen molar-refractivity contribution in [1.82, 2.24) is 15.0 Å². The van der Waals surface area contributed by atoms with Crippen molar-refractivity contribution >= 4 is 0 Å². The van der Waals surface area contributed by atoms with Crippen molar-refractivity contribution in [3.05, 3.63) is 174 Å². The van der Waals surface area contributed by atoms with Gasteiger partial charge in [-0.15, -0.1) is 0 Å². The van der Waals surface area contributed by atoms with Crippen LogP contribution in [0.15, 0.2) is 158 Å². The summed E-state index contributed by atoms with van der Waals surface area (Å²) in [5.74, 6) is 4.67. The number of para-hydroxylation sites is 1. The van der Waals surface area contributed by atoms with E-state index in [4.69, 9.17) is 24.4 Å². The van der Waals surface area contributed by atoms with E-state index in [-0.39, 0.29) is 5.41 Å². The van der Waals surface area contributed by atoms with Crippen LogP contribution in [0.1, 0.15) is 30.5 Å². The molecule has 0 radical (unpaired) electrons. The lowest BCUT2D eigenvalue weighted by molar-refractivity contribution is 0.361. The first-order valence-corrected chi connectivity index (χ1v) is 18.3. The number of hydrogen-bond acceptors (Lipinski definition) is 5. The van der Waals surface area contributed by atoms with Gasteiger partial charge in [0, 0.05) is 33.2 Å². The minimum Gasteiger partial charge on any atom is -0.449 e. The van der Waals surface area contributed by atoms with Gasteiger partial charge in [-0.3, -0.25) is 0 Å². The number of rotatable bonds is 5. The molecule has 1 aliphatic carbocycles. The molecule has 54 heavy (non-hydrogen) atoms. The second kappa shape index (κ2) is 12.4. The van der Waals surface area contributed by atoms with Crippen molar-refractivity contribution in [2.45, 2.75) is 26.2 Å². The van der Waals surface area contributed by atoms with Crippen molar-refractivity contribution in [2.24, 2.45) is 0 Å². The zero-order valence-electron chi connectivity index (χ0n) is 30.2. The Morgan fingerprint density at radius 1 is 0.407 bits per heavy atom. The molecule has 5 heteroatoms. The second-order valence-electron chi connectivity index (χ2n) is 14.5. The van der Waals surface area contributed by atoms with Crippen LogP contribution >= 0.6 is 0 Å². The summed E-state index contributed by atoms with van der Waals surface area (Å²) >= 11 is 0. The monoisotopic (exact) mass is 697 g/mol. The Bertz CT molecular complexity index is 2740. The first-order chi connectivity index (χ1) is 26.4. The highest BCUT2D eigenvalue weighted by Crippen LogP contribution is 2.59. The van der Waals surface area contributed by atoms with Crippen LogP contribution in [0, 0.1) is 6.92 Å². The predicted molar refractivity (Wildman–Crippen MR) is 216 cm³/mol. The maximum atomic E-state index is 6.94. The van der Waals surface area contributed by atoms with E-state index in [1.165, 1.54) is 22.3 Å². The minimum atomic E-state index is -0.150. The van der Waals surface area contributed by atoms with Gasteiger partial charge in [-0.1, -0.05) is 159 Å². The highest BCUT2D eigenvalue weighted by atomic mass is 16.6. The van der Waals surface area contributed by atoms with E-state index in [0.717, 1.165) is 56.0 Å². The van der Waals surface area contributed by atoms with Crippen LogP contribution in [0.2, 0.25) is 0 Å². The standard InChI is InChI=1S/C49H35N3O2/c1-30-19-21-33(22-20-30)46-50-47(34-25-23-32(24-26-34)31-11-5-4-6-12-31)52-48(51-46)36-14-9-13-35(29-36)37-16-10-18-41-44(37)54-45-42(53-41)28-27-40-43(45)38-15-7-8-17-39(38)49(40,2)3/h4-29H,1-3H3. The second-order valence-corrected chi connectivity index (χ2v) is 14.5. The molecule has 0 saturated carbocycles. The number of hydrogen-bond donors (Lipinski definition) is 0. The first-order valence-electron chi connectivity index (χ1n) is 18.3. The Labute approximate surface area is 314 Å². The molecule has 8 aromatic rings. The lowest BCUT2D eigenvalue weighted by Crippen LogP contribution is -2.15. The molecule has 2 aliphatic rings. The molecule has 0 bridgehead atoms. The number of aryl methyl sites for hydroxylation is 1. The number of aromatic nitrogens is 3. The van der Waals surface area contributed by atoms with E-state index in [9.17, 15) is 0 Å². The minimum absolute atomic E-state index is 0.150. The van der Waals surface area contributed by atoms with E-state index in [1.807, 2.05) is 36.4 Å². The van der Waals surface area contributed by atoms with Crippen molar-refractivity contribution in [2.75, 3.05) is 0 Å². The average molecular weight is 698 g/mol. The van der Waals surface area contributed by atoms with Crippen LogP contribution in [0.4, 0.5) is 0 Å².